The predicted octanol–water partition coefficient (Wildman–Crippen LogP) is 2.60. The van der Waals surface area contributed by atoms with Gasteiger partial charge in [0.2, 0.25) is 0 Å². The molecular formula is C19H23N5O2. The summed E-state index contributed by atoms with van der Waals surface area (Å²) >= 11 is 0. The molecule has 136 valence electrons. The zero-order valence-corrected chi connectivity index (χ0v) is 15.1. The number of furan rings is 1. The van der Waals surface area contributed by atoms with E-state index in [1.807, 2.05) is 31.2 Å². The van der Waals surface area contributed by atoms with Gasteiger partial charge in [-0.15, -0.1) is 10.2 Å². The molecule has 1 atom stereocenters. The van der Waals surface area contributed by atoms with E-state index < -0.39 is 0 Å². The van der Waals surface area contributed by atoms with Crippen LogP contribution in [0.5, 0.6) is 5.75 Å². The highest BCUT2D eigenvalue weighted by atomic mass is 16.5. The van der Waals surface area contributed by atoms with Crippen molar-refractivity contribution in [2.24, 2.45) is 0 Å². The van der Waals surface area contributed by atoms with E-state index in [-0.39, 0.29) is 0 Å². The molecule has 26 heavy (non-hydrogen) atoms. The lowest BCUT2D eigenvalue weighted by Gasteiger charge is -2.25. The summed E-state index contributed by atoms with van der Waals surface area (Å²) in [6.45, 7) is 7.15. The molecule has 0 amide bonds. The standard InChI is InChI=1S/C19H23N5O2/c1-14-5-6-16(11-20-14)26-13-19-22-21-18-10-15(2)23(7-8-24(18)19)12-17-4-3-9-25-17/h3-6,9,11,15H,7-8,10,12-13H2,1-2H3/t15-/m0/s1. The summed E-state index contributed by atoms with van der Waals surface area (Å²) < 4.78 is 13.5. The molecular weight excluding hydrogens is 330 g/mol. The van der Waals surface area contributed by atoms with Crippen LogP contribution in [0.3, 0.4) is 0 Å². The molecule has 0 radical (unpaired) electrons. The summed E-state index contributed by atoms with van der Waals surface area (Å²) in [5, 5.41) is 8.73. The quantitative estimate of drug-likeness (QED) is 0.702. The third-order valence-corrected chi connectivity index (χ3v) is 4.81. The molecule has 0 bridgehead atoms. The van der Waals surface area contributed by atoms with E-state index in [9.17, 15) is 0 Å². The van der Waals surface area contributed by atoms with Crippen LogP contribution < -0.4 is 4.74 Å². The number of aromatic nitrogens is 4. The van der Waals surface area contributed by atoms with Crippen LogP contribution in [0.1, 0.15) is 30.0 Å². The van der Waals surface area contributed by atoms with Gasteiger partial charge in [0.1, 0.15) is 23.9 Å². The normalized spacial score (nSPS) is 17.7. The van der Waals surface area contributed by atoms with Crippen LogP contribution in [0, 0.1) is 6.92 Å². The van der Waals surface area contributed by atoms with Crippen LogP contribution in [0.25, 0.3) is 0 Å². The average Bonchev–Trinajstić information content (AvgIpc) is 3.25. The van der Waals surface area contributed by atoms with Crippen LogP contribution in [0.15, 0.2) is 41.1 Å². The van der Waals surface area contributed by atoms with Crippen LogP contribution in [0.2, 0.25) is 0 Å². The smallest absolute Gasteiger partial charge is 0.171 e. The van der Waals surface area contributed by atoms with Crippen molar-refractivity contribution in [3.05, 3.63) is 59.8 Å². The maximum atomic E-state index is 5.84. The van der Waals surface area contributed by atoms with Gasteiger partial charge in [0.25, 0.3) is 0 Å². The lowest BCUT2D eigenvalue weighted by atomic mass is 10.2. The minimum atomic E-state index is 0.376. The van der Waals surface area contributed by atoms with Crippen molar-refractivity contribution in [2.45, 2.75) is 46.0 Å². The van der Waals surface area contributed by atoms with Gasteiger partial charge in [-0.1, -0.05) is 0 Å². The summed E-state index contributed by atoms with van der Waals surface area (Å²) in [4.78, 5) is 6.67. The lowest BCUT2D eigenvalue weighted by Crippen LogP contribution is -2.34. The molecule has 0 aromatic carbocycles. The molecule has 0 unspecified atom stereocenters. The molecule has 0 aliphatic carbocycles. The Hall–Kier alpha value is -2.67. The summed E-state index contributed by atoms with van der Waals surface area (Å²) in [6.07, 6.45) is 4.32. The van der Waals surface area contributed by atoms with Crippen LogP contribution >= 0.6 is 0 Å². The molecule has 3 aromatic heterocycles. The van der Waals surface area contributed by atoms with Crippen molar-refractivity contribution in [1.29, 1.82) is 0 Å². The van der Waals surface area contributed by atoms with Crippen molar-refractivity contribution in [3.63, 3.8) is 0 Å². The number of pyridine rings is 1. The van der Waals surface area contributed by atoms with Crippen molar-refractivity contribution < 1.29 is 9.15 Å². The van der Waals surface area contributed by atoms with E-state index in [2.05, 4.69) is 31.6 Å². The molecule has 7 heteroatoms. The number of nitrogens with zero attached hydrogens (tertiary/aromatic N) is 5. The molecule has 0 N–H and O–H groups in total. The Morgan fingerprint density at radius 1 is 1.23 bits per heavy atom. The van der Waals surface area contributed by atoms with Crippen molar-refractivity contribution in [2.75, 3.05) is 6.54 Å². The zero-order chi connectivity index (χ0) is 17.9. The summed E-state index contributed by atoms with van der Waals surface area (Å²) in [7, 11) is 0. The number of fused-ring (bicyclic) bond motifs is 1. The first-order valence-electron chi connectivity index (χ1n) is 8.92. The van der Waals surface area contributed by atoms with Crippen molar-refractivity contribution >= 4 is 0 Å². The second-order valence-electron chi connectivity index (χ2n) is 6.71. The highest BCUT2D eigenvalue weighted by molar-refractivity contribution is 5.19. The topological polar surface area (TPSA) is 69.2 Å². The SMILES string of the molecule is Cc1ccc(OCc2nnc3n2CCN(Cc2ccco2)[C@@H](C)C3)cn1. The molecule has 0 fully saturated rings. The predicted molar refractivity (Wildman–Crippen MR) is 95.6 cm³/mol. The first kappa shape index (κ1) is 16.8. The third kappa shape index (κ3) is 3.62. The number of rotatable bonds is 5. The van der Waals surface area contributed by atoms with E-state index >= 15 is 0 Å². The summed E-state index contributed by atoms with van der Waals surface area (Å²) in [5.41, 5.74) is 0.972. The van der Waals surface area contributed by atoms with Crippen LogP contribution in [-0.4, -0.2) is 37.2 Å². The molecule has 0 saturated carbocycles. The fourth-order valence-corrected chi connectivity index (χ4v) is 3.26. The Morgan fingerprint density at radius 2 is 2.15 bits per heavy atom. The van der Waals surface area contributed by atoms with E-state index in [0.29, 0.717) is 12.6 Å². The summed E-state index contributed by atoms with van der Waals surface area (Å²) in [5.74, 6) is 3.60. The molecule has 1 aliphatic rings. The van der Waals surface area contributed by atoms with Gasteiger partial charge in [-0.25, -0.2) is 0 Å². The molecule has 4 rings (SSSR count). The van der Waals surface area contributed by atoms with Gasteiger partial charge in [-0.3, -0.25) is 9.88 Å². The second kappa shape index (κ2) is 7.29. The minimum absolute atomic E-state index is 0.376. The highest BCUT2D eigenvalue weighted by Gasteiger charge is 2.24. The number of hydrogen-bond acceptors (Lipinski definition) is 6. The monoisotopic (exact) mass is 353 g/mol. The fourth-order valence-electron chi connectivity index (χ4n) is 3.26. The Labute approximate surface area is 152 Å². The van der Waals surface area contributed by atoms with Crippen LogP contribution in [-0.2, 0) is 26.1 Å². The number of aryl methyl sites for hydroxylation is 1. The Bertz CT molecular complexity index is 841. The largest absolute Gasteiger partial charge is 0.484 e. The zero-order valence-electron chi connectivity index (χ0n) is 15.1. The summed E-state index contributed by atoms with van der Waals surface area (Å²) in [6, 6.07) is 8.19. The fraction of sp³-hybridized carbons (Fsp3) is 0.421. The molecule has 7 nitrogen and oxygen atoms in total. The van der Waals surface area contributed by atoms with E-state index in [1.165, 1.54) is 0 Å². The van der Waals surface area contributed by atoms with Crippen molar-refractivity contribution in [1.82, 2.24) is 24.6 Å². The average molecular weight is 353 g/mol. The molecule has 3 aromatic rings. The third-order valence-electron chi connectivity index (χ3n) is 4.81. The second-order valence-corrected chi connectivity index (χ2v) is 6.71. The molecule has 0 saturated heterocycles. The maximum absolute atomic E-state index is 5.84. The van der Waals surface area contributed by atoms with Gasteiger partial charge in [0, 0.05) is 31.2 Å². The maximum Gasteiger partial charge on any atom is 0.171 e. The Morgan fingerprint density at radius 3 is 2.92 bits per heavy atom. The first-order chi connectivity index (χ1) is 12.7. The Kier molecular flexibility index (Phi) is 4.71. The van der Waals surface area contributed by atoms with Gasteiger partial charge >= 0.3 is 0 Å². The number of ether oxygens (including phenoxy) is 1. The minimum Gasteiger partial charge on any atom is -0.484 e. The van der Waals surface area contributed by atoms with Gasteiger partial charge in [-0.05, 0) is 38.1 Å². The lowest BCUT2D eigenvalue weighted by molar-refractivity contribution is 0.186. The molecule has 4 heterocycles. The van der Waals surface area contributed by atoms with Crippen molar-refractivity contribution in [3.8, 4) is 5.75 Å². The van der Waals surface area contributed by atoms with Gasteiger partial charge in [0.05, 0.1) is 19.0 Å². The first-order valence-corrected chi connectivity index (χ1v) is 8.92. The van der Waals surface area contributed by atoms with E-state index in [0.717, 1.165) is 54.9 Å². The Balaban J connectivity index is 1.43. The molecule has 0 spiro atoms. The van der Waals surface area contributed by atoms with E-state index in [1.54, 1.807) is 12.5 Å². The van der Waals surface area contributed by atoms with Crippen LogP contribution in [0.4, 0.5) is 0 Å². The highest BCUT2D eigenvalue weighted by Crippen LogP contribution is 2.18. The van der Waals surface area contributed by atoms with Gasteiger partial charge in [-0.2, -0.15) is 0 Å². The van der Waals surface area contributed by atoms with E-state index in [4.69, 9.17) is 9.15 Å². The molecule has 1 aliphatic heterocycles. The number of hydrogen-bond donors (Lipinski definition) is 0. The van der Waals surface area contributed by atoms with Gasteiger partial charge in [0.15, 0.2) is 5.82 Å². The van der Waals surface area contributed by atoms with Gasteiger partial charge < -0.3 is 13.7 Å².